The molecule has 0 saturated heterocycles. The number of aryl methyl sites for hydroxylation is 3. The molecule has 0 saturated carbocycles. The van der Waals surface area contributed by atoms with Crippen LogP contribution in [-0.4, -0.2) is 4.98 Å². The summed E-state index contributed by atoms with van der Waals surface area (Å²) in [4.78, 5) is 3.53. The molecule has 1 aromatic heterocycles. The number of hydrogen-bond acceptors (Lipinski definition) is 0. The van der Waals surface area contributed by atoms with Crippen LogP contribution in [0.5, 0.6) is 0 Å². The number of H-pyrrole nitrogens is 1. The maximum absolute atomic E-state index is 4.17. The monoisotopic (exact) mass is 211 g/mol. The molecular formula is C15H17N. The van der Waals surface area contributed by atoms with Crippen LogP contribution in [0.2, 0.25) is 0 Å². The van der Waals surface area contributed by atoms with Gasteiger partial charge in [0.2, 0.25) is 0 Å². The van der Waals surface area contributed by atoms with E-state index in [0.29, 0.717) is 0 Å². The highest BCUT2D eigenvalue weighted by atomic mass is 14.7. The Bertz CT molecular complexity index is 587. The molecule has 0 fully saturated rings. The van der Waals surface area contributed by atoms with Gasteiger partial charge in [-0.3, -0.25) is 0 Å². The van der Waals surface area contributed by atoms with Crippen molar-refractivity contribution in [3.8, 4) is 0 Å². The van der Waals surface area contributed by atoms with E-state index in [2.05, 4.69) is 37.5 Å². The number of fused-ring (bicyclic) bond motifs is 3. The maximum atomic E-state index is 4.17. The van der Waals surface area contributed by atoms with Crippen LogP contribution >= 0.6 is 0 Å². The Morgan fingerprint density at radius 1 is 1.19 bits per heavy atom. The Morgan fingerprint density at radius 2 is 2.00 bits per heavy atom. The van der Waals surface area contributed by atoms with Gasteiger partial charge in [-0.1, -0.05) is 12.6 Å². The van der Waals surface area contributed by atoms with Crippen LogP contribution in [0.4, 0.5) is 0 Å². The van der Waals surface area contributed by atoms with Gasteiger partial charge in [-0.15, -0.1) is 0 Å². The van der Waals surface area contributed by atoms with Gasteiger partial charge in [0, 0.05) is 16.6 Å². The summed E-state index contributed by atoms with van der Waals surface area (Å²) in [5.41, 5.74) is 8.14. The molecule has 0 amide bonds. The Labute approximate surface area is 96.2 Å². The molecule has 1 heterocycles. The van der Waals surface area contributed by atoms with Crippen molar-refractivity contribution >= 4 is 16.5 Å². The molecule has 2 aromatic rings. The van der Waals surface area contributed by atoms with Crippen LogP contribution in [0.3, 0.4) is 0 Å². The summed E-state index contributed by atoms with van der Waals surface area (Å²) in [6.45, 7) is 8.58. The average molecular weight is 211 g/mol. The molecule has 0 aliphatic heterocycles. The molecule has 1 nitrogen and oxygen atoms in total. The molecule has 16 heavy (non-hydrogen) atoms. The van der Waals surface area contributed by atoms with Crippen molar-refractivity contribution in [2.45, 2.75) is 33.1 Å². The zero-order chi connectivity index (χ0) is 11.3. The molecule has 1 heteroatoms. The summed E-state index contributed by atoms with van der Waals surface area (Å²) in [6.07, 6.45) is 3.57. The number of aromatic nitrogens is 1. The van der Waals surface area contributed by atoms with Gasteiger partial charge in [0.25, 0.3) is 0 Å². The van der Waals surface area contributed by atoms with Gasteiger partial charge in [0.05, 0.1) is 0 Å². The first-order valence-corrected chi connectivity index (χ1v) is 5.97. The van der Waals surface area contributed by atoms with Crippen molar-refractivity contribution in [3.05, 3.63) is 41.1 Å². The number of hydrogen-bond donors (Lipinski definition) is 1. The molecule has 3 rings (SSSR count). The van der Waals surface area contributed by atoms with Crippen molar-refractivity contribution in [2.75, 3.05) is 0 Å². The molecular weight excluding hydrogens is 194 g/mol. The Hall–Kier alpha value is -1.50. The first-order chi connectivity index (χ1) is 7.68. The Balaban J connectivity index is 2.42. The highest BCUT2D eigenvalue weighted by Gasteiger charge is 2.19. The predicted molar refractivity (Wildman–Crippen MR) is 69.7 cm³/mol. The molecule has 1 aliphatic rings. The van der Waals surface area contributed by atoms with Crippen molar-refractivity contribution in [1.82, 2.24) is 4.98 Å². The number of rotatable bonds is 0. The highest BCUT2D eigenvalue weighted by molar-refractivity contribution is 5.92. The minimum atomic E-state index is 1.14. The molecule has 0 atom stereocenters. The Morgan fingerprint density at radius 3 is 2.81 bits per heavy atom. The quantitative estimate of drug-likeness (QED) is 0.674. The summed E-state index contributed by atoms with van der Waals surface area (Å²) < 4.78 is 0. The third-order valence-electron chi connectivity index (χ3n) is 3.86. The molecule has 0 spiro atoms. The van der Waals surface area contributed by atoms with Crippen molar-refractivity contribution in [2.24, 2.45) is 0 Å². The molecule has 1 aromatic carbocycles. The van der Waals surface area contributed by atoms with Gasteiger partial charge >= 0.3 is 0 Å². The van der Waals surface area contributed by atoms with E-state index in [1.807, 2.05) is 0 Å². The van der Waals surface area contributed by atoms with Crippen LogP contribution < -0.4 is 0 Å². The summed E-state index contributed by atoms with van der Waals surface area (Å²) in [7, 11) is 0. The maximum Gasteiger partial charge on any atom is 0.0464 e. The molecule has 82 valence electrons. The molecule has 1 aliphatic carbocycles. The third kappa shape index (κ3) is 1.18. The fourth-order valence-corrected chi connectivity index (χ4v) is 2.80. The van der Waals surface area contributed by atoms with Crippen molar-refractivity contribution in [3.63, 3.8) is 0 Å². The topological polar surface area (TPSA) is 15.8 Å². The van der Waals surface area contributed by atoms with Gasteiger partial charge in [-0.05, 0) is 61.4 Å². The van der Waals surface area contributed by atoms with Gasteiger partial charge in [0.15, 0.2) is 0 Å². The van der Waals surface area contributed by atoms with E-state index in [4.69, 9.17) is 0 Å². The molecule has 0 unspecified atom stereocenters. The summed E-state index contributed by atoms with van der Waals surface area (Å²) in [6, 6.07) is 4.39. The van der Waals surface area contributed by atoms with Crippen LogP contribution in [-0.2, 0) is 6.42 Å². The van der Waals surface area contributed by atoms with Crippen LogP contribution in [0.25, 0.3) is 16.5 Å². The van der Waals surface area contributed by atoms with Gasteiger partial charge < -0.3 is 4.98 Å². The lowest BCUT2D eigenvalue weighted by atomic mass is 9.90. The second-order valence-electron chi connectivity index (χ2n) is 4.87. The first-order valence-electron chi connectivity index (χ1n) is 5.97. The summed E-state index contributed by atoms with van der Waals surface area (Å²) in [5, 5.41) is 1.44. The zero-order valence-electron chi connectivity index (χ0n) is 9.98. The van der Waals surface area contributed by atoms with Crippen molar-refractivity contribution < 1.29 is 0 Å². The standard InChI is InChI=1S/C15H17N/c1-9-7-8-13-14(11(9)3)12-6-4-5-10(2)15(12)16-13/h7-8,16H,2,4-6H2,1,3H3. The van der Waals surface area contributed by atoms with E-state index in [9.17, 15) is 0 Å². The van der Waals surface area contributed by atoms with Crippen molar-refractivity contribution in [1.29, 1.82) is 0 Å². The second kappa shape index (κ2) is 3.24. The van der Waals surface area contributed by atoms with Crippen LogP contribution in [0, 0.1) is 13.8 Å². The smallest absolute Gasteiger partial charge is 0.0464 e. The van der Waals surface area contributed by atoms with E-state index in [0.717, 1.165) is 6.42 Å². The van der Waals surface area contributed by atoms with E-state index in [1.54, 1.807) is 0 Å². The fraction of sp³-hybridized carbons (Fsp3) is 0.333. The normalized spacial score (nSPS) is 15.5. The third-order valence-corrected chi connectivity index (χ3v) is 3.86. The first kappa shape index (κ1) is 9.71. The SMILES string of the molecule is C=C1CCCc2c1[nH]c1ccc(C)c(C)c21. The largest absolute Gasteiger partial charge is 0.355 e. The van der Waals surface area contributed by atoms with Crippen LogP contribution in [0.1, 0.15) is 35.2 Å². The fourth-order valence-electron chi connectivity index (χ4n) is 2.80. The zero-order valence-corrected chi connectivity index (χ0v) is 9.98. The van der Waals surface area contributed by atoms with E-state index < -0.39 is 0 Å². The molecule has 0 radical (unpaired) electrons. The second-order valence-corrected chi connectivity index (χ2v) is 4.87. The number of benzene rings is 1. The highest BCUT2D eigenvalue weighted by Crippen LogP contribution is 2.36. The lowest BCUT2D eigenvalue weighted by Gasteiger charge is -2.14. The number of aromatic amines is 1. The number of allylic oxidation sites excluding steroid dienone is 1. The minimum Gasteiger partial charge on any atom is -0.355 e. The molecule has 1 N–H and O–H groups in total. The minimum absolute atomic E-state index is 1.14. The van der Waals surface area contributed by atoms with Gasteiger partial charge in [-0.2, -0.15) is 0 Å². The molecule has 0 bridgehead atoms. The van der Waals surface area contributed by atoms with E-state index in [1.165, 1.54) is 51.7 Å². The lowest BCUT2D eigenvalue weighted by Crippen LogP contribution is -1.99. The average Bonchev–Trinajstić information content (AvgIpc) is 2.64. The van der Waals surface area contributed by atoms with Crippen LogP contribution in [0.15, 0.2) is 18.7 Å². The lowest BCUT2D eigenvalue weighted by molar-refractivity contribution is 0.824. The summed E-state index contributed by atoms with van der Waals surface area (Å²) in [5.74, 6) is 0. The number of nitrogens with one attached hydrogen (secondary N) is 1. The summed E-state index contributed by atoms with van der Waals surface area (Å²) >= 11 is 0. The van der Waals surface area contributed by atoms with E-state index >= 15 is 0 Å². The van der Waals surface area contributed by atoms with Gasteiger partial charge in [-0.25, -0.2) is 0 Å². The Kier molecular flexibility index (Phi) is 1.97. The van der Waals surface area contributed by atoms with E-state index in [-0.39, 0.29) is 0 Å². The predicted octanol–water partition coefficient (Wildman–Crippen LogP) is 4.13. The van der Waals surface area contributed by atoms with Gasteiger partial charge in [0.1, 0.15) is 0 Å².